The number of piperazine rings is 1. The number of amides is 2. The molecule has 2 amide bonds. The van der Waals surface area contributed by atoms with Crippen molar-refractivity contribution < 1.29 is 9.72 Å². The Balaban J connectivity index is 1.54. The van der Waals surface area contributed by atoms with Gasteiger partial charge in [-0.2, -0.15) is 0 Å². The molecule has 1 N–H and O–H groups in total. The Kier molecular flexibility index (Phi) is 5.70. The van der Waals surface area contributed by atoms with E-state index in [9.17, 15) is 14.9 Å². The number of nitrogens with one attached hydrogen (secondary N) is 1. The minimum absolute atomic E-state index is 0.0440. The van der Waals surface area contributed by atoms with Gasteiger partial charge in [0.1, 0.15) is 5.02 Å². The predicted molar refractivity (Wildman–Crippen MR) is 100 cm³/mol. The van der Waals surface area contributed by atoms with E-state index >= 15 is 0 Å². The zero-order valence-electron chi connectivity index (χ0n) is 14.1. The van der Waals surface area contributed by atoms with E-state index in [0.29, 0.717) is 18.8 Å². The van der Waals surface area contributed by atoms with Crippen LogP contribution in [0.25, 0.3) is 0 Å². The van der Waals surface area contributed by atoms with Gasteiger partial charge in [-0.25, -0.2) is 4.79 Å². The Morgan fingerprint density at radius 1 is 1.12 bits per heavy atom. The standard InChI is InChI=1S/C18H19ClN4O3/c19-16-7-6-15(12-17(16)23(25)26)20-18(24)22-10-8-21(9-11-22)13-14-4-2-1-3-5-14/h1-7,12H,8-11,13H2,(H,20,24). The quantitative estimate of drug-likeness (QED) is 0.655. The van der Waals surface area contributed by atoms with Crippen LogP contribution in [-0.4, -0.2) is 46.9 Å². The van der Waals surface area contributed by atoms with E-state index in [1.54, 1.807) is 11.0 Å². The lowest BCUT2D eigenvalue weighted by molar-refractivity contribution is -0.384. The third-order valence-corrected chi connectivity index (χ3v) is 4.62. The van der Waals surface area contributed by atoms with Gasteiger partial charge in [0.05, 0.1) is 4.92 Å². The summed E-state index contributed by atoms with van der Waals surface area (Å²) in [6.45, 7) is 3.63. The molecule has 0 atom stereocenters. The van der Waals surface area contributed by atoms with Crippen LogP contribution in [-0.2, 0) is 6.54 Å². The third-order valence-electron chi connectivity index (χ3n) is 4.30. The average Bonchev–Trinajstić information content (AvgIpc) is 2.64. The third kappa shape index (κ3) is 4.50. The fourth-order valence-corrected chi connectivity index (χ4v) is 3.07. The minimum atomic E-state index is -0.569. The molecule has 26 heavy (non-hydrogen) atoms. The number of carbonyl (C=O) groups is 1. The summed E-state index contributed by atoms with van der Waals surface area (Å²) in [7, 11) is 0. The highest BCUT2D eigenvalue weighted by Crippen LogP contribution is 2.27. The van der Waals surface area contributed by atoms with Crippen molar-refractivity contribution in [3.8, 4) is 0 Å². The summed E-state index contributed by atoms with van der Waals surface area (Å²) in [6, 6.07) is 14.2. The number of nitrogens with zero attached hydrogens (tertiary/aromatic N) is 3. The largest absolute Gasteiger partial charge is 0.322 e. The minimum Gasteiger partial charge on any atom is -0.322 e. The highest BCUT2D eigenvalue weighted by molar-refractivity contribution is 6.32. The van der Waals surface area contributed by atoms with E-state index in [1.165, 1.54) is 17.7 Å². The summed E-state index contributed by atoms with van der Waals surface area (Å²) in [4.78, 5) is 26.8. The molecule has 0 saturated carbocycles. The molecule has 136 valence electrons. The fraction of sp³-hybridized carbons (Fsp3) is 0.278. The molecular weight excluding hydrogens is 356 g/mol. The van der Waals surface area contributed by atoms with Gasteiger partial charge in [0.25, 0.3) is 5.69 Å². The fourth-order valence-electron chi connectivity index (χ4n) is 2.88. The molecule has 0 aliphatic carbocycles. The smallest absolute Gasteiger partial charge is 0.321 e. The highest BCUT2D eigenvalue weighted by Gasteiger charge is 2.22. The van der Waals surface area contributed by atoms with Crippen LogP contribution in [0.3, 0.4) is 0 Å². The van der Waals surface area contributed by atoms with Crippen LogP contribution in [0.4, 0.5) is 16.2 Å². The molecule has 1 saturated heterocycles. The van der Waals surface area contributed by atoms with Crippen LogP contribution in [0.15, 0.2) is 48.5 Å². The van der Waals surface area contributed by atoms with Crippen molar-refractivity contribution in [1.82, 2.24) is 9.80 Å². The van der Waals surface area contributed by atoms with Crippen molar-refractivity contribution in [3.05, 3.63) is 69.2 Å². The second-order valence-electron chi connectivity index (χ2n) is 6.10. The first-order valence-electron chi connectivity index (χ1n) is 8.29. The number of urea groups is 1. The van der Waals surface area contributed by atoms with Gasteiger partial charge in [-0.15, -0.1) is 0 Å². The average molecular weight is 375 g/mol. The van der Waals surface area contributed by atoms with Crippen molar-refractivity contribution in [3.63, 3.8) is 0 Å². The monoisotopic (exact) mass is 374 g/mol. The second-order valence-corrected chi connectivity index (χ2v) is 6.51. The van der Waals surface area contributed by atoms with Crippen molar-refractivity contribution in [2.24, 2.45) is 0 Å². The van der Waals surface area contributed by atoms with Gasteiger partial charge in [0.15, 0.2) is 0 Å². The van der Waals surface area contributed by atoms with E-state index in [2.05, 4.69) is 22.3 Å². The van der Waals surface area contributed by atoms with Gasteiger partial charge in [0.2, 0.25) is 0 Å². The van der Waals surface area contributed by atoms with Gasteiger partial charge >= 0.3 is 6.03 Å². The molecule has 0 spiro atoms. The molecule has 3 rings (SSSR count). The van der Waals surface area contributed by atoms with Gasteiger partial charge in [-0.05, 0) is 17.7 Å². The number of hydrogen-bond donors (Lipinski definition) is 1. The van der Waals surface area contributed by atoms with Gasteiger partial charge < -0.3 is 10.2 Å². The first-order valence-corrected chi connectivity index (χ1v) is 8.67. The molecule has 8 heteroatoms. The van der Waals surface area contributed by atoms with Crippen molar-refractivity contribution in [2.75, 3.05) is 31.5 Å². The second kappa shape index (κ2) is 8.16. The highest BCUT2D eigenvalue weighted by atomic mass is 35.5. The van der Waals surface area contributed by atoms with Crippen LogP contribution in [0, 0.1) is 10.1 Å². The number of nitro benzene ring substituents is 1. The van der Waals surface area contributed by atoms with E-state index in [1.807, 2.05) is 18.2 Å². The Bertz CT molecular complexity index is 792. The number of hydrogen-bond acceptors (Lipinski definition) is 4. The molecule has 2 aromatic carbocycles. The van der Waals surface area contributed by atoms with Gasteiger partial charge in [0, 0.05) is 44.5 Å². The summed E-state index contributed by atoms with van der Waals surface area (Å²) in [6.07, 6.45) is 0. The van der Waals surface area contributed by atoms with Crippen molar-refractivity contribution >= 4 is 29.0 Å². The number of anilines is 1. The van der Waals surface area contributed by atoms with E-state index < -0.39 is 4.92 Å². The summed E-state index contributed by atoms with van der Waals surface area (Å²) < 4.78 is 0. The van der Waals surface area contributed by atoms with Gasteiger partial charge in [-0.3, -0.25) is 15.0 Å². The predicted octanol–water partition coefficient (Wildman–Crippen LogP) is 3.60. The molecule has 1 heterocycles. The van der Waals surface area contributed by atoms with Crippen LogP contribution in [0.2, 0.25) is 5.02 Å². The Hall–Kier alpha value is -2.64. The summed E-state index contributed by atoms with van der Waals surface area (Å²) in [5, 5.41) is 13.7. The molecular formula is C18H19ClN4O3. The number of halogens is 1. The molecule has 1 fully saturated rings. The zero-order valence-corrected chi connectivity index (χ0v) is 14.9. The van der Waals surface area contributed by atoms with Crippen LogP contribution < -0.4 is 5.32 Å². The lowest BCUT2D eigenvalue weighted by Crippen LogP contribution is -2.49. The summed E-state index contributed by atoms with van der Waals surface area (Å²) >= 11 is 5.79. The Morgan fingerprint density at radius 3 is 2.46 bits per heavy atom. The van der Waals surface area contributed by atoms with Crippen LogP contribution in [0.5, 0.6) is 0 Å². The van der Waals surface area contributed by atoms with Crippen molar-refractivity contribution in [2.45, 2.75) is 6.54 Å². The zero-order chi connectivity index (χ0) is 18.5. The van der Waals surface area contributed by atoms with Crippen LogP contribution in [0.1, 0.15) is 5.56 Å². The number of carbonyl (C=O) groups excluding carboxylic acids is 1. The molecule has 0 radical (unpaired) electrons. The van der Waals surface area contributed by atoms with Crippen LogP contribution >= 0.6 is 11.6 Å². The molecule has 7 nitrogen and oxygen atoms in total. The van der Waals surface area contributed by atoms with Crippen molar-refractivity contribution in [1.29, 1.82) is 0 Å². The first kappa shape index (κ1) is 18.2. The molecule has 1 aliphatic heterocycles. The lowest BCUT2D eigenvalue weighted by atomic mass is 10.2. The Morgan fingerprint density at radius 2 is 1.81 bits per heavy atom. The molecule has 0 bridgehead atoms. The number of nitro groups is 1. The van der Waals surface area contributed by atoms with E-state index in [4.69, 9.17) is 11.6 Å². The maximum Gasteiger partial charge on any atom is 0.321 e. The maximum absolute atomic E-state index is 12.4. The van der Waals surface area contributed by atoms with E-state index in [0.717, 1.165) is 19.6 Å². The van der Waals surface area contributed by atoms with Gasteiger partial charge in [-0.1, -0.05) is 41.9 Å². The molecule has 1 aliphatic rings. The SMILES string of the molecule is O=C(Nc1ccc(Cl)c([N+](=O)[O-])c1)N1CCN(Cc2ccccc2)CC1. The first-order chi connectivity index (χ1) is 12.5. The lowest BCUT2D eigenvalue weighted by Gasteiger charge is -2.34. The Labute approximate surface area is 156 Å². The summed E-state index contributed by atoms with van der Waals surface area (Å²) in [5.41, 5.74) is 1.38. The normalized spacial score (nSPS) is 14.9. The molecule has 2 aromatic rings. The summed E-state index contributed by atoms with van der Waals surface area (Å²) in [5.74, 6) is 0. The number of benzene rings is 2. The maximum atomic E-state index is 12.4. The van der Waals surface area contributed by atoms with E-state index in [-0.39, 0.29) is 16.7 Å². The molecule has 0 unspecified atom stereocenters. The number of rotatable bonds is 4. The molecule has 0 aromatic heterocycles. The topological polar surface area (TPSA) is 78.7 Å².